The fourth-order valence-electron chi connectivity index (χ4n) is 9.29. The van der Waals surface area contributed by atoms with Crippen molar-refractivity contribution >= 4 is 86.2 Å². The van der Waals surface area contributed by atoms with Crippen molar-refractivity contribution in [2.24, 2.45) is 0 Å². The Labute approximate surface area is 318 Å². The molecule has 55 heavy (non-hydrogen) atoms. The molecule has 0 atom stereocenters. The molecule has 0 N–H and O–H groups in total. The van der Waals surface area contributed by atoms with E-state index >= 15 is 0 Å². The topological polar surface area (TPSA) is 35.6 Å². The van der Waals surface area contributed by atoms with E-state index < -0.39 is 0 Å². The van der Waals surface area contributed by atoms with E-state index in [0.717, 1.165) is 39.1 Å². The minimum Gasteiger partial charge on any atom is -0.308 e. The SMILES string of the molecule is c1ccc2c(c1)-c1ccccc1-n1c3cc4c5ccccc5n(-c5nc6ccccc6nc5-c5ccc6sc7ccccc7c6c5)c4cc3c3cccc-2c31. The highest BCUT2D eigenvalue weighted by atomic mass is 32.1. The Morgan fingerprint density at radius 2 is 1.00 bits per heavy atom. The monoisotopic (exact) mass is 716 g/mol. The second kappa shape index (κ2) is 10.8. The van der Waals surface area contributed by atoms with Crippen LogP contribution >= 0.6 is 11.3 Å². The van der Waals surface area contributed by atoms with Gasteiger partial charge < -0.3 is 4.57 Å². The Hall–Kier alpha value is -7.08. The molecule has 1 aliphatic rings. The lowest BCUT2D eigenvalue weighted by atomic mass is 9.94. The predicted octanol–water partition coefficient (Wildman–Crippen LogP) is 13.5. The van der Waals surface area contributed by atoms with Crippen LogP contribution in [0.4, 0.5) is 0 Å². The Kier molecular flexibility index (Phi) is 5.74. The highest BCUT2D eigenvalue weighted by molar-refractivity contribution is 7.25. The molecule has 4 aromatic heterocycles. The lowest BCUT2D eigenvalue weighted by Crippen LogP contribution is -2.03. The molecule has 0 bridgehead atoms. The molecule has 5 heterocycles. The number of hydrogen-bond donors (Lipinski definition) is 0. The van der Waals surface area contributed by atoms with Crippen LogP contribution in [0, 0.1) is 0 Å². The highest BCUT2D eigenvalue weighted by Crippen LogP contribution is 2.48. The van der Waals surface area contributed by atoms with E-state index in [0.29, 0.717) is 0 Å². The molecule has 0 fully saturated rings. The summed E-state index contributed by atoms with van der Waals surface area (Å²) in [4.78, 5) is 10.9. The fourth-order valence-corrected chi connectivity index (χ4v) is 10.4. The third-order valence-electron chi connectivity index (χ3n) is 11.6. The van der Waals surface area contributed by atoms with Crippen molar-refractivity contribution in [1.82, 2.24) is 19.1 Å². The van der Waals surface area contributed by atoms with Gasteiger partial charge in [-0.25, -0.2) is 9.97 Å². The van der Waals surface area contributed by atoms with Crippen LogP contribution < -0.4 is 0 Å². The van der Waals surface area contributed by atoms with E-state index in [-0.39, 0.29) is 0 Å². The molecule has 4 nitrogen and oxygen atoms in total. The molecule has 0 radical (unpaired) electrons. The molecule has 0 unspecified atom stereocenters. The van der Waals surface area contributed by atoms with Crippen molar-refractivity contribution < 1.29 is 0 Å². The molecule has 0 amide bonds. The first-order chi connectivity index (χ1) is 27.3. The number of rotatable bonds is 2. The summed E-state index contributed by atoms with van der Waals surface area (Å²) in [6, 6.07) is 61.7. The molecule has 12 aromatic rings. The van der Waals surface area contributed by atoms with Crippen LogP contribution in [0.5, 0.6) is 0 Å². The summed E-state index contributed by atoms with van der Waals surface area (Å²) < 4.78 is 7.42. The molecule has 0 aliphatic carbocycles. The van der Waals surface area contributed by atoms with E-state index in [9.17, 15) is 0 Å². The number of aromatic nitrogens is 4. The van der Waals surface area contributed by atoms with Crippen molar-refractivity contribution in [2.75, 3.05) is 0 Å². The van der Waals surface area contributed by atoms with Gasteiger partial charge in [0.1, 0.15) is 5.69 Å². The molecule has 0 saturated heterocycles. The largest absolute Gasteiger partial charge is 0.308 e. The molecule has 0 spiro atoms. The molecule has 8 aromatic carbocycles. The molecular formula is C50H28N4S. The molecule has 5 heteroatoms. The number of hydrogen-bond acceptors (Lipinski definition) is 3. The Morgan fingerprint density at radius 1 is 0.382 bits per heavy atom. The summed E-state index contributed by atoms with van der Waals surface area (Å²) in [5, 5.41) is 7.33. The van der Waals surface area contributed by atoms with Gasteiger partial charge in [0, 0.05) is 58.4 Å². The minimum atomic E-state index is 0.827. The smallest absolute Gasteiger partial charge is 0.165 e. The number of fused-ring (bicyclic) bond motifs is 15. The van der Waals surface area contributed by atoms with Crippen molar-refractivity contribution in [3.8, 4) is 45.0 Å². The summed E-state index contributed by atoms with van der Waals surface area (Å²) in [5.74, 6) is 0.827. The van der Waals surface area contributed by atoms with Crippen molar-refractivity contribution in [3.05, 3.63) is 170 Å². The van der Waals surface area contributed by atoms with Crippen LogP contribution in [0.2, 0.25) is 0 Å². The average molecular weight is 717 g/mol. The van der Waals surface area contributed by atoms with Crippen molar-refractivity contribution in [1.29, 1.82) is 0 Å². The quantitative estimate of drug-likeness (QED) is 0.179. The standard InChI is InChI=1S/C50H28N4S/c1-2-13-31-30(12-1)32-14-3-8-21-42(32)53-44-27-37-33-15-4-9-22-43(33)54(45(37)28-38(44)36-18-11-17-35(31)49(36)53)50-48(51-40-19-6-7-20-41(40)52-50)29-24-25-47-39(26-29)34-16-5-10-23-46(34)55-47/h1-28H. The summed E-state index contributed by atoms with van der Waals surface area (Å²) in [6.45, 7) is 0. The van der Waals surface area contributed by atoms with Gasteiger partial charge in [-0.3, -0.25) is 4.57 Å². The first kappa shape index (κ1) is 29.4. The van der Waals surface area contributed by atoms with Gasteiger partial charge in [0.2, 0.25) is 0 Å². The average Bonchev–Trinajstić information content (AvgIpc) is 3.86. The second-order valence-electron chi connectivity index (χ2n) is 14.5. The fraction of sp³-hybridized carbons (Fsp3) is 0. The van der Waals surface area contributed by atoms with Gasteiger partial charge in [0.05, 0.1) is 38.8 Å². The van der Waals surface area contributed by atoms with Crippen molar-refractivity contribution in [2.45, 2.75) is 0 Å². The number of nitrogens with zero attached hydrogens (tertiary/aromatic N) is 4. The van der Waals surface area contributed by atoms with Gasteiger partial charge in [0.25, 0.3) is 0 Å². The van der Waals surface area contributed by atoms with Gasteiger partial charge in [0.15, 0.2) is 5.82 Å². The Morgan fingerprint density at radius 3 is 1.87 bits per heavy atom. The number of para-hydroxylation sites is 5. The summed E-state index contributed by atoms with van der Waals surface area (Å²) in [6.07, 6.45) is 0. The Balaban J connectivity index is 1.17. The second-order valence-corrected chi connectivity index (χ2v) is 15.6. The number of thiophene rings is 1. The van der Waals surface area contributed by atoms with Crippen molar-refractivity contribution in [3.63, 3.8) is 0 Å². The lowest BCUT2D eigenvalue weighted by Gasteiger charge is -2.14. The predicted molar refractivity (Wildman–Crippen MR) is 231 cm³/mol. The first-order valence-corrected chi connectivity index (χ1v) is 19.5. The van der Waals surface area contributed by atoms with Gasteiger partial charge >= 0.3 is 0 Å². The summed E-state index contributed by atoms with van der Waals surface area (Å²) in [7, 11) is 0. The third kappa shape index (κ3) is 3.94. The lowest BCUT2D eigenvalue weighted by molar-refractivity contribution is 1.08. The third-order valence-corrected chi connectivity index (χ3v) is 12.8. The van der Waals surface area contributed by atoms with Crippen LogP contribution in [0.3, 0.4) is 0 Å². The first-order valence-electron chi connectivity index (χ1n) is 18.7. The van der Waals surface area contributed by atoms with Crippen LogP contribution in [0.1, 0.15) is 0 Å². The zero-order chi connectivity index (χ0) is 35.8. The molecule has 13 rings (SSSR count). The molecule has 1 aliphatic heterocycles. The molecular weight excluding hydrogens is 689 g/mol. The highest BCUT2D eigenvalue weighted by Gasteiger charge is 2.26. The minimum absolute atomic E-state index is 0.827. The zero-order valence-electron chi connectivity index (χ0n) is 29.4. The van der Waals surface area contributed by atoms with E-state index in [1.165, 1.54) is 80.7 Å². The normalized spacial score (nSPS) is 12.4. The maximum absolute atomic E-state index is 5.48. The van der Waals surface area contributed by atoms with Gasteiger partial charge in [-0.15, -0.1) is 11.3 Å². The van der Waals surface area contributed by atoms with Crippen LogP contribution in [0.15, 0.2) is 170 Å². The number of benzene rings is 8. The van der Waals surface area contributed by atoms with E-state index in [4.69, 9.17) is 9.97 Å². The Bertz CT molecular complexity index is 3620. The van der Waals surface area contributed by atoms with E-state index in [1.807, 2.05) is 23.5 Å². The maximum atomic E-state index is 5.48. The molecule has 254 valence electrons. The summed E-state index contributed by atoms with van der Waals surface area (Å²) in [5.41, 5.74) is 14.5. The van der Waals surface area contributed by atoms with E-state index in [2.05, 4.69) is 167 Å². The maximum Gasteiger partial charge on any atom is 0.165 e. The van der Waals surface area contributed by atoms with Gasteiger partial charge in [-0.1, -0.05) is 115 Å². The van der Waals surface area contributed by atoms with Gasteiger partial charge in [-0.2, -0.15) is 0 Å². The van der Waals surface area contributed by atoms with Crippen LogP contribution in [-0.2, 0) is 0 Å². The zero-order valence-corrected chi connectivity index (χ0v) is 30.2. The van der Waals surface area contributed by atoms with Gasteiger partial charge in [-0.05, 0) is 65.7 Å². The molecule has 0 saturated carbocycles. The van der Waals surface area contributed by atoms with E-state index in [1.54, 1.807) is 0 Å². The van der Waals surface area contributed by atoms with Crippen LogP contribution in [0.25, 0.3) is 120 Å². The van der Waals surface area contributed by atoms with Crippen LogP contribution in [-0.4, -0.2) is 19.1 Å². The summed E-state index contributed by atoms with van der Waals surface area (Å²) >= 11 is 1.84.